The van der Waals surface area contributed by atoms with Crippen LogP contribution in [0.1, 0.15) is 142 Å². The summed E-state index contributed by atoms with van der Waals surface area (Å²) in [6.07, 6.45) is 47.9. The number of carbonyl (C=O) groups excluding carboxylic acids is 2. The molecule has 0 amide bonds. The number of epoxide rings is 1. The molecule has 10 nitrogen and oxygen atoms in total. The number of rotatable bonds is 38. The molecular weight excluding hydrogens is 765 g/mol. The molecule has 1 rings (SSSR count). The molecule has 1 heterocycles. The van der Waals surface area contributed by atoms with Gasteiger partial charge in [-0.25, -0.2) is 4.57 Å². The predicted octanol–water partition coefficient (Wildman–Crippen LogP) is 11.8. The van der Waals surface area contributed by atoms with Gasteiger partial charge in [-0.05, 0) is 89.9 Å². The predicted molar refractivity (Wildman–Crippen MR) is 242 cm³/mol. The van der Waals surface area contributed by atoms with Crippen molar-refractivity contribution in [1.29, 1.82) is 0 Å². The summed E-state index contributed by atoms with van der Waals surface area (Å²) in [7, 11) is 1.40. The van der Waals surface area contributed by atoms with E-state index in [-0.39, 0.29) is 38.3 Å². The summed E-state index contributed by atoms with van der Waals surface area (Å²) in [4.78, 5) is 35.5. The van der Waals surface area contributed by atoms with Crippen LogP contribution >= 0.6 is 7.82 Å². The number of carbonyl (C=O) groups is 2. The molecule has 4 atom stereocenters. The Kier molecular flexibility index (Phi) is 32.9. The van der Waals surface area contributed by atoms with Crippen molar-refractivity contribution in [3.05, 3.63) is 85.1 Å². The number of unbranched alkanes of at least 4 members (excludes halogenated alkanes) is 7. The summed E-state index contributed by atoms with van der Waals surface area (Å²) in [6, 6.07) is 0. The lowest BCUT2D eigenvalue weighted by Crippen LogP contribution is -2.37. The number of allylic oxidation sites excluding steroid dienone is 13. The van der Waals surface area contributed by atoms with E-state index in [9.17, 15) is 19.0 Å². The highest BCUT2D eigenvalue weighted by Gasteiger charge is 2.37. The Bertz CT molecular complexity index is 1340. The van der Waals surface area contributed by atoms with Crippen molar-refractivity contribution in [3.8, 4) is 0 Å². The van der Waals surface area contributed by atoms with Gasteiger partial charge in [0.15, 0.2) is 6.10 Å². The number of hydrogen-bond donors (Lipinski definition) is 1. The first-order chi connectivity index (χ1) is 28.5. The van der Waals surface area contributed by atoms with Gasteiger partial charge < -0.3 is 23.6 Å². The van der Waals surface area contributed by atoms with E-state index in [1.807, 2.05) is 21.1 Å². The molecule has 1 N–H and O–H groups in total. The van der Waals surface area contributed by atoms with Crippen molar-refractivity contribution in [2.24, 2.45) is 0 Å². The fourth-order valence-electron chi connectivity index (χ4n) is 5.74. The summed E-state index contributed by atoms with van der Waals surface area (Å²) in [5.41, 5.74) is 0. The smallest absolute Gasteiger partial charge is 0.462 e. The number of phosphoric ester groups is 1. The van der Waals surface area contributed by atoms with E-state index in [0.29, 0.717) is 23.9 Å². The molecule has 0 spiro atoms. The van der Waals surface area contributed by atoms with E-state index >= 15 is 0 Å². The molecule has 1 aliphatic heterocycles. The van der Waals surface area contributed by atoms with Crippen LogP contribution in [0.4, 0.5) is 0 Å². The summed E-state index contributed by atoms with van der Waals surface area (Å²) < 4.78 is 40.1. The van der Waals surface area contributed by atoms with Crippen molar-refractivity contribution in [2.45, 2.75) is 161 Å². The van der Waals surface area contributed by atoms with Crippen molar-refractivity contribution in [1.82, 2.24) is 0 Å². The van der Waals surface area contributed by atoms with Crippen LogP contribution in [0.5, 0.6) is 0 Å². The van der Waals surface area contributed by atoms with Gasteiger partial charge in [-0.3, -0.25) is 18.6 Å². The zero-order valence-electron chi connectivity index (χ0n) is 37.4. The Balaban J connectivity index is 2.36. The minimum absolute atomic E-state index is 0.00829. The Labute approximate surface area is 358 Å². The molecule has 1 fully saturated rings. The fourth-order valence-corrected chi connectivity index (χ4v) is 6.48. The van der Waals surface area contributed by atoms with E-state index in [1.165, 1.54) is 19.3 Å². The quantitative estimate of drug-likeness (QED) is 0.0162. The first kappa shape index (κ1) is 54.2. The van der Waals surface area contributed by atoms with Crippen molar-refractivity contribution < 1.29 is 46.8 Å². The van der Waals surface area contributed by atoms with Crippen LogP contribution in [-0.4, -0.2) is 87.1 Å². The molecule has 0 radical (unpaired) electrons. The van der Waals surface area contributed by atoms with Gasteiger partial charge in [-0.2, -0.15) is 0 Å². The van der Waals surface area contributed by atoms with Crippen LogP contribution in [0.2, 0.25) is 0 Å². The molecule has 0 aromatic carbocycles. The molecule has 3 unspecified atom stereocenters. The summed E-state index contributed by atoms with van der Waals surface area (Å²) >= 11 is 0. The van der Waals surface area contributed by atoms with E-state index in [0.717, 1.165) is 83.5 Å². The van der Waals surface area contributed by atoms with Crippen LogP contribution in [0.25, 0.3) is 0 Å². The maximum Gasteiger partial charge on any atom is 0.472 e. The largest absolute Gasteiger partial charge is 0.472 e. The normalized spacial score (nSPS) is 17.8. The second-order valence-corrected chi connectivity index (χ2v) is 17.5. The monoisotopic (exact) mass is 847 g/mol. The van der Waals surface area contributed by atoms with Gasteiger partial charge in [0.05, 0.1) is 40.0 Å². The summed E-state index contributed by atoms with van der Waals surface area (Å²) in [5.74, 6) is -0.912. The topological polar surface area (TPSA) is 121 Å². The molecule has 0 bridgehead atoms. The Morgan fingerprint density at radius 1 is 0.644 bits per heavy atom. The molecule has 1 saturated heterocycles. The number of hydrogen-bond acceptors (Lipinski definition) is 8. The average molecular weight is 847 g/mol. The zero-order valence-corrected chi connectivity index (χ0v) is 38.3. The lowest BCUT2D eigenvalue weighted by molar-refractivity contribution is -0.870. The number of nitrogens with zero attached hydrogens (tertiary/aromatic N) is 1. The molecule has 59 heavy (non-hydrogen) atoms. The molecule has 0 aromatic heterocycles. The first-order valence-electron chi connectivity index (χ1n) is 22.4. The minimum Gasteiger partial charge on any atom is -0.462 e. The Morgan fingerprint density at radius 3 is 1.78 bits per heavy atom. The SMILES string of the molecule is CC/C=C\C/C=C\C/C=C\C/C=C\CCCCCCC(=O)OC[C@H](COP(=O)(O)OCC[N+](C)(C)C)OC(=O)CCCC1OC1C/C=C\C/C=C\C/C=C\CCCCC. The van der Waals surface area contributed by atoms with Crippen molar-refractivity contribution in [2.75, 3.05) is 47.5 Å². The van der Waals surface area contributed by atoms with Gasteiger partial charge in [-0.15, -0.1) is 0 Å². The maximum absolute atomic E-state index is 12.8. The highest BCUT2D eigenvalue weighted by atomic mass is 31.2. The third-order valence-electron chi connectivity index (χ3n) is 9.33. The molecule has 0 saturated carbocycles. The summed E-state index contributed by atoms with van der Waals surface area (Å²) in [5, 5.41) is 0. The molecule has 0 aliphatic carbocycles. The maximum atomic E-state index is 12.8. The highest BCUT2D eigenvalue weighted by Crippen LogP contribution is 2.43. The average Bonchev–Trinajstić information content (AvgIpc) is 3.94. The third kappa shape index (κ3) is 36.7. The number of quaternary nitrogens is 1. The van der Waals surface area contributed by atoms with Crippen LogP contribution in [0, 0.1) is 0 Å². The van der Waals surface area contributed by atoms with Gasteiger partial charge in [0.2, 0.25) is 0 Å². The second-order valence-electron chi connectivity index (χ2n) is 16.1. The van der Waals surface area contributed by atoms with Crippen molar-refractivity contribution >= 4 is 19.8 Å². The lowest BCUT2D eigenvalue weighted by atomic mass is 10.1. The van der Waals surface area contributed by atoms with Gasteiger partial charge in [0.25, 0.3) is 0 Å². The lowest BCUT2D eigenvalue weighted by Gasteiger charge is -2.24. The Hall–Kier alpha value is -2.85. The number of esters is 2. The molecular formula is C48H81NO9P+. The van der Waals surface area contributed by atoms with E-state index in [2.05, 4.69) is 98.9 Å². The van der Waals surface area contributed by atoms with Gasteiger partial charge >= 0.3 is 19.8 Å². The zero-order chi connectivity index (χ0) is 43.3. The van der Waals surface area contributed by atoms with Crippen LogP contribution in [0.15, 0.2) is 85.1 Å². The van der Waals surface area contributed by atoms with E-state index in [4.69, 9.17) is 23.3 Å². The molecule has 336 valence electrons. The highest BCUT2D eigenvalue weighted by molar-refractivity contribution is 7.47. The number of phosphoric acid groups is 1. The van der Waals surface area contributed by atoms with E-state index < -0.39 is 32.5 Å². The van der Waals surface area contributed by atoms with Gasteiger partial charge in [0.1, 0.15) is 19.8 Å². The van der Waals surface area contributed by atoms with Crippen LogP contribution in [0.3, 0.4) is 0 Å². The van der Waals surface area contributed by atoms with Crippen LogP contribution < -0.4 is 0 Å². The van der Waals surface area contributed by atoms with Crippen LogP contribution in [-0.2, 0) is 37.4 Å². The van der Waals surface area contributed by atoms with E-state index in [1.54, 1.807) is 0 Å². The minimum atomic E-state index is -4.41. The van der Waals surface area contributed by atoms with Gasteiger partial charge in [0, 0.05) is 12.8 Å². The summed E-state index contributed by atoms with van der Waals surface area (Å²) in [6.45, 7) is 4.14. The molecule has 0 aromatic rings. The van der Waals surface area contributed by atoms with Gasteiger partial charge in [-0.1, -0.05) is 125 Å². The standard InChI is InChI=1S/C48H80NO9P/c1-6-8-10-12-14-16-18-20-21-22-23-24-26-28-30-32-34-38-47(50)54-42-44(43-56-59(52,53)55-41-40-49(3,4)5)57-48(51)39-35-37-46-45(58-46)36-33-31-29-27-25-19-17-15-13-11-9-7-2/h8,10,14-17,20-21,23-25,27,31,33,44-46H,6-7,9,11-13,18-19,22,26,28-30,32,34-43H2,1-5H3/p+1/b10-8-,16-14-,17-15-,21-20-,24-23-,27-25-,33-31-/t44-,45?,46?/m1/s1. The first-order valence-corrected chi connectivity index (χ1v) is 23.9. The van der Waals surface area contributed by atoms with Crippen molar-refractivity contribution in [3.63, 3.8) is 0 Å². The molecule has 11 heteroatoms. The third-order valence-corrected chi connectivity index (χ3v) is 10.3. The Morgan fingerprint density at radius 2 is 1.19 bits per heavy atom. The fraction of sp³-hybridized carbons (Fsp3) is 0.667. The number of likely N-dealkylation sites (N-methyl/N-ethyl adjacent to an activating group) is 1. The molecule has 1 aliphatic rings. The second kappa shape index (κ2) is 35.9. The number of ether oxygens (including phenoxy) is 3.